The minimum Gasteiger partial charge on any atom is -0.382 e. The van der Waals surface area contributed by atoms with Crippen molar-refractivity contribution >= 4 is 33.1 Å². The molecule has 1 aromatic carbocycles. The number of unbranched alkanes of at least 4 members (excludes halogenated alkanes) is 9. The average molecular weight is 491 g/mol. The predicted octanol–water partition coefficient (Wildman–Crippen LogP) is 6.62. The maximum Gasteiger partial charge on any atom is 0.309 e. The van der Waals surface area contributed by atoms with Crippen LogP contribution in [0.5, 0.6) is 5.75 Å². The predicted molar refractivity (Wildman–Crippen MR) is 130 cm³/mol. The first-order chi connectivity index (χ1) is 15.9. The molecule has 0 N–H and O–H groups in total. The van der Waals surface area contributed by atoms with Gasteiger partial charge in [-0.15, -0.1) is 0 Å². The number of benzene rings is 1. The Morgan fingerprint density at radius 1 is 1.00 bits per heavy atom. The standard InChI is InChI=1S/C24H31ClN4O3S/c1-2-3-4-5-6-7-8-9-10-11-16-33(30,31)32-21-12-13-22(25)24(17-21)29-23(14-15-26)20(18-27)19-28/h12-13,17,20H,2-11,14,16H2,1H3. The summed E-state index contributed by atoms with van der Waals surface area (Å²) in [5.41, 5.74) is 0.166. The van der Waals surface area contributed by atoms with E-state index in [4.69, 9.17) is 31.6 Å². The zero-order valence-electron chi connectivity index (χ0n) is 19.1. The quantitative estimate of drug-likeness (QED) is 0.145. The van der Waals surface area contributed by atoms with Crippen molar-refractivity contribution in [2.45, 2.75) is 77.6 Å². The molecule has 0 aliphatic heterocycles. The number of hydrogen-bond donors (Lipinski definition) is 0. The second kappa shape index (κ2) is 16.1. The van der Waals surface area contributed by atoms with Crippen molar-refractivity contribution < 1.29 is 12.6 Å². The fraction of sp³-hybridized carbons (Fsp3) is 0.583. The molecule has 1 rings (SSSR count). The molecular weight excluding hydrogens is 460 g/mol. The Labute approximate surface area is 202 Å². The molecule has 0 saturated heterocycles. The Morgan fingerprint density at radius 3 is 2.12 bits per heavy atom. The normalized spacial score (nSPS) is 11.6. The Morgan fingerprint density at radius 2 is 1.58 bits per heavy atom. The number of nitriles is 3. The van der Waals surface area contributed by atoms with Crippen LogP contribution in [0.1, 0.15) is 77.6 Å². The van der Waals surface area contributed by atoms with E-state index in [1.165, 1.54) is 56.7 Å². The third-order valence-electron chi connectivity index (χ3n) is 5.00. The molecule has 0 aromatic heterocycles. The van der Waals surface area contributed by atoms with E-state index in [1.54, 1.807) is 12.1 Å². The van der Waals surface area contributed by atoms with Gasteiger partial charge in [0.05, 0.1) is 46.8 Å². The van der Waals surface area contributed by atoms with Crippen LogP contribution in [0.15, 0.2) is 23.2 Å². The molecule has 0 saturated carbocycles. The summed E-state index contributed by atoms with van der Waals surface area (Å²) in [7, 11) is -3.78. The van der Waals surface area contributed by atoms with E-state index in [9.17, 15) is 8.42 Å². The molecule has 0 spiro atoms. The highest BCUT2D eigenvalue weighted by atomic mass is 35.5. The molecule has 0 fully saturated rings. The summed E-state index contributed by atoms with van der Waals surface area (Å²) in [4.78, 5) is 4.15. The molecule has 0 unspecified atom stereocenters. The summed E-state index contributed by atoms with van der Waals surface area (Å²) in [5, 5.41) is 27.3. The van der Waals surface area contributed by atoms with Gasteiger partial charge in [-0.2, -0.15) is 24.2 Å². The van der Waals surface area contributed by atoms with Crippen LogP contribution >= 0.6 is 11.6 Å². The number of nitrogens with zero attached hydrogens (tertiary/aromatic N) is 4. The highest BCUT2D eigenvalue weighted by Crippen LogP contribution is 2.31. The first-order valence-corrected chi connectivity index (χ1v) is 13.3. The van der Waals surface area contributed by atoms with E-state index in [-0.39, 0.29) is 34.3 Å². The maximum absolute atomic E-state index is 12.3. The molecule has 0 bridgehead atoms. The van der Waals surface area contributed by atoms with Crippen molar-refractivity contribution in [1.82, 2.24) is 0 Å². The zero-order chi connectivity index (χ0) is 24.5. The van der Waals surface area contributed by atoms with Crippen LogP contribution in [0.25, 0.3) is 0 Å². The molecule has 0 aliphatic carbocycles. The molecule has 0 amide bonds. The molecule has 33 heavy (non-hydrogen) atoms. The van der Waals surface area contributed by atoms with E-state index >= 15 is 0 Å². The van der Waals surface area contributed by atoms with Crippen molar-refractivity contribution in [1.29, 1.82) is 15.8 Å². The van der Waals surface area contributed by atoms with Gasteiger partial charge in [-0.1, -0.05) is 76.3 Å². The summed E-state index contributed by atoms with van der Waals surface area (Å²) < 4.78 is 29.9. The number of aliphatic imine (C=N–C) groups is 1. The minimum atomic E-state index is -3.78. The number of halogens is 1. The highest BCUT2D eigenvalue weighted by molar-refractivity contribution is 7.87. The summed E-state index contributed by atoms with van der Waals surface area (Å²) in [5.74, 6) is -1.26. The fourth-order valence-electron chi connectivity index (χ4n) is 3.20. The van der Waals surface area contributed by atoms with Crippen LogP contribution < -0.4 is 4.18 Å². The van der Waals surface area contributed by atoms with Crippen LogP contribution in [0.4, 0.5) is 5.69 Å². The Hall–Kier alpha value is -2.60. The molecule has 9 heteroatoms. The van der Waals surface area contributed by atoms with E-state index in [2.05, 4.69) is 11.9 Å². The first kappa shape index (κ1) is 28.4. The van der Waals surface area contributed by atoms with Crippen LogP contribution in [0.2, 0.25) is 5.02 Å². The third kappa shape index (κ3) is 11.7. The molecule has 1 aromatic rings. The lowest BCUT2D eigenvalue weighted by Gasteiger charge is -2.09. The van der Waals surface area contributed by atoms with Gasteiger partial charge in [-0.25, -0.2) is 0 Å². The third-order valence-corrected chi connectivity index (χ3v) is 6.56. The van der Waals surface area contributed by atoms with Gasteiger partial charge in [0.1, 0.15) is 5.75 Å². The molecule has 0 aliphatic rings. The van der Waals surface area contributed by atoms with E-state index in [1.807, 2.05) is 6.07 Å². The van der Waals surface area contributed by atoms with Crippen molar-refractivity contribution in [3.8, 4) is 24.0 Å². The lowest BCUT2D eigenvalue weighted by atomic mass is 10.0. The van der Waals surface area contributed by atoms with Crippen molar-refractivity contribution in [3.05, 3.63) is 23.2 Å². The Balaban J connectivity index is 2.62. The highest BCUT2D eigenvalue weighted by Gasteiger charge is 2.17. The fourth-order valence-corrected chi connectivity index (χ4v) is 4.40. The summed E-state index contributed by atoms with van der Waals surface area (Å²) >= 11 is 6.12. The second-order valence-electron chi connectivity index (χ2n) is 7.77. The van der Waals surface area contributed by atoms with Crippen LogP contribution in [-0.4, -0.2) is 19.9 Å². The maximum atomic E-state index is 12.3. The van der Waals surface area contributed by atoms with Crippen LogP contribution in [0.3, 0.4) is 0 Å². The minimum absolute atomic E-state index is 0.0343. The summed E-state index contributed by atoms with van der Waals surface area (Å²) in [6, 6.07) is 9.55. The van der Waals surface area contributed by atoms with Gasteiger partial charge < -0.3 is 4.18 Å². The molecular formula is C24H31ClN4O3S. The second-order valence-corrected chi connectivity index (χ2v) is 9.87. The van der Waals surface area contributed by atoms with Gasteiger partial charge in [-0.05, 0) is 18.6 Å². The molecule has 0 heterocycles. The van der Waals surface area contributed by atoms with E-state index < -0.39 is 16.0 Å². The van der Waals surface area contributed by atoms with Gasteiger partial charge in [-0.3, -0.25) is 4.99 Å². The van der Waals surface area contributed by atoms with E-state index in [0.717, 1.165) is 19.3 Å². The lowest BCUT2D eigenvalue weighted by Crippen LogP contribution is -2.14. The number of hydrogen-bond acceptors (Lipinski definition) is 7. The topological polar surface area (TPSA) is 127 Å². The summed E-state index contributed by atoms with van der Waals surface area (Å²) in [6.45, 7) is 2.20. The van der Waals surface area contributed by atoms with Crippen molar-refractivity contribution in [2.24, 2.45) is 10.9 Å². The van der Waals surface area contributed by atoms with Crippen molar-refractivity contribution in [2.75, 3.05) is 5.75 Å². The van der Waals surface area contributed by atoms with Gasteiger partial charge in [0.2, 0.25) is 0 Å². The molecule has 178 valence electrons. The van der Waals surface area contributed by atoms with Crippen LogP contribution in [0, 0.1) is 39.9 Å². The molecule has 0 atom stereocenters. The van der Waals surface area contributed by atoms with E-state index in [0.29, 0.717) is 6.42 Å². The van der Waals surface area contributed by atoms with Crippen LogP contribution in [-0.2, 0) is 10.1 Å². The molecule has 7 nitrogen and oxygen atoms in total. The van der Waals surface area contributed by atoms with Gasteiger partial charge >= 0.3 is 10.1 Å². The SMILES string of the molecule is CCCCCCCCCCCCS(=O)(=O)Oc1ccc(Cl)c(N=C(CC#N)C(C#N)C#N)c1. The van der Waals surface area contributed by atoms with Crippen molar-refractivity contribution in [3.63, 3.8) is 0 Å². The smallest absolute Gasteiger partial charge is 0.309 e. The average Bonchev–Trinajstić information content (AvgIpc) is 2.78. The monoisotopic (exact) mass is 490 g/mol. The first-order valence-electron chi connectivity index (χ1n) is 11.3. The number of rotatable bonds is 16. The Bertz CT molecular complexity index is 990. The Kier molecular flexibility index (Phi) is 13.9. The summed E-state index contributed by atoms with van der Waals surface area (Å²) in [6.07, 6.45) is 10.8. The lowest BCUT2D eigenvalue weighted by molar-refractivity contribution is 0.481. The zero-order valence-corrected chi connectivity index (χ0v) is 20.7. The largest absolute Gasteiger partial charge is 0.382 e. The van der Waals surface area contributed by atoms with Gasteiger partial charge in [0.25, 0.3) is 0 Å². The van der Waals surface area contributed by atoms with Gasteiger partial charge in [0, 0.05) is 6.07 Å². The van der Waals surface area contributed by atoms with Gasteiger partial charge in [0.15, 0.2) is 5.92 Å². The molecule has 0 radical (unpaired) electrons.